The van der Waals surface area contributed by atoms with Gasteiger partial charge in [0.2, 0.25) is 0 Å². The predicted molar refractivity (Wildman–Crippen MR) is 80.8 cm³/mol. The van der Waals surface area contributed by atoms with Crippen LogP contribution < -0.4 is 5.32 Å². The van der Waals surface area contributed by atoms with E-state index in [1.165, 1.54) is 11.4 Å². The van der Waals surface area contributed by atoms with Crippen LogP contribution in [0.2, 0.25) is 0 Å². The van der Waals surface area contributed by atoms with E-state index >= 15 is 0 Å². The molecule has 20 heavy (non-hydrogen) atoms. The molecule has 2 aromatic rings. The highest BCUT2D eigenvalue weighted by atomic mass is 15.3. The van der Waals surface area contributed by atoms with Crippen LogP contribution in [0.25, 0.3) is 0 Å². The Morgan fingerprint density at radius 2 is 1.65 bits per heavy atom. The first kappa shape index (κ1) is 14.8. The lowest BCUT2D eigenvalue weighted by molar-refractivity contribution is 0.492. The highest BCUT2D eigenvalue weighted by molar-refractivity contribution is 5.18. The van der Waals surface area contributed by atoms with Gasteiger partial charge in [-0.2, -0.15) is 10.2 Å². The number of nitrogens with zero attached hydrogens (tertiary/aromatic N) is 4. The molecule has 0 fully saturated rings. The van der Waals surface area contributed by atoms with Gasteiger partial charge < -0.3 is 5.32 Å². The van der Waals surface area contributed by atoms with Crippen molar-refractivity contribution in [3.05, 3.63) is 34.9 Å². The van der Waals surface area contributed by atoms with Gasteiger partial charge in [-0.3, -0.25) is 9.36 Å². The van der Waals surface area contributed by atoms with Crippen LogP contribution in [0.1, 0.15) is 42.7 Å². The maximum absolute atomic E-state index is 4.54. The molecule has 0 aliphatic rings. The molecule has 0 aliphatic carbocycles. The largest absolute Gasteiger partial charge is 0.311 e. The summed E-state index contributed by atoms with van der Waals surface area (Å²) in [6.45, 7) is 10.2. The van der Waals surface area contributed by atoms with Crippen LogP contribution in [-0.2, 0) is 19.5 Å². The molecule has 0 radical (unpaired) electrons. The Morgan fingerprint density at radius 3 is 2.25 bits per heavy atom. The zero-order valence-corrected chi connectivity index (χ0v) is 13.1. The summed E-state index contributed by atoms with van der Waals surface area (Å²) in [6, 6.07) is 4.61. The molecule has 2 heterocycles. The van der Waals surface area contributed by atoms with Crippen molar-refractivity contribution in [3.63, 3.8) is 0 Å². The lowest BCUT2D eigenvalue weighted by Gasteiger charge is -2.18. The predicted octanol–water partition coefficient (Wildman–Crippen LogP) is 2.24. The molecule has 0 aliphatic heterocycles. The Labute approximate surface area is 121 Å². The molecule has 0 saturated heterocycles. The van der Waals surface area contributed by atoms with E-state index < -0.39 is 0 Å². The van der Waals surface area contributed by atoms with E-state index in [0.717, 1.165) is 30.9 Å². The number of likely N-dealkylation sites (N-methyl/N-ethyl adjacent to an activating group) is 1. The van der Waals surface area contributed by atoms with Gasteiger partial charge in [0, 0.05) is 25.2 Å². The van der Waals surface area contributed by atoms with Crippen molar-refractivity contribution >= 4 is 0 Å². The summed E-state index contributed by atoms with van der Waals surface area (Å²) >= 11 is 0. The number of hydrogen-bond donors (Lipinski definition) is 1. The van der Waals surface area contributed by atoms with Crippen LogP contribution in [0.15, 0.2) is 12.1 Å². The second kappa shape index (κ2) is 6.22. The molecule has 1 N–H and O–H groups in total. The van der Waals surface area contributed by atoms with Crippen LogP contribution in [0, 0.1) is 13.8 Å². The first-order valence-corrected chi connectivity index (χ1v) is 7.33. The molecule has 0 saturated carbocycles. The van der Waals surface area contributed by atoms with E-state index in [4.69, 9.17) is 0 Å². The van der Waals surface area contributed by atoms with Crippen molar-refractivity contribution < 1.29 is 0 Å². The average molecular weight is 275 g/mol. The quantitative estimate of drug-likeness (QED) is 0.879. The maximum atomic E-state index is 4.54. The number of aryl methyl sites for hydroxylation is 4. The SMILES string of the molecule is CCn1nc(C)cc1CC(NC)c1cc(C)nn1CC. The van der Waals surface area contributed by atoms with Crippen molar-refractivity contribution in [1.82, 2.24) is 24.9 Å². The molecular formula is C15H25N5. The van der Waals surface area contributed by atoms with Gasteiger partial charge in [0.25, 0.3) is 0 Å². The van der Waals surface area contributed by atoms with Gasteiger partial charge in [-0.1, -0.05) is 0 Å². The highest BCUT2D eigenvalue weighted by Gasteiger charge is 2.18. The average Bonchev–Trinajstić information content (AvgIpc) is 2.98. The van der Waals surface area contributed by atoms with Gasteiger partial charge >= 0.3 is 0 Å². The van der Waals surface area contributed by atoms with Gasteiger partial charge in [-0.25, -0.2) is 0 Å². The molecule has 5 nitrogen and oxygen atoms in total. The monoisotopic (exact) mass is 275 g/mol. The molecule has 0 amide bonds. The lowest BCUT2D eigenvalue weighted by atomic mass is 10.1. The topological polar surface area (TPSA) is 47.7 Å². The standard InChI is InChI=1S/C15H25N5/c1-6-19-13(8-11(3)17-19)10-14(16-5)15-9-12(4)18-20(15)7-2/h8-9,14,16H,6-7,10H2,1-5H3. The summed E-state index contributed by atoms with van der Waals surface area (Å²) in [6.07, 6.45) is 0.927. The Bertz CT molecular complexity index is 567. The Balaban J connectivity index is 2.28. The van der Waals surface area contributed by atoms with Crippen molar-refractivity contribution in [2.45, 2.75) is 53.2 Å². The van der Waals surface area contributed by atoms with Gasteiger partial charge in [0.1, 0.15) is 0 Å². The molecule has 0 aromatic carbocycles. The zero-order chi connectivity index (χ0) is 14.7. The summed E-state index contributed by atoms with van der Waals surface area (Å²) in [5.74, 6) is 0. The summed E-state index contributed by atoms with van der Waals surface area (Å²) in [4.78, 5) is 0. The van der Waals surface area contributed by atoms with Crippen molar-refractivity contribution in [1.29, 1.82) is 0 Å². The van der Waals surface area contributed by atoms with Gasteiger partial charge in [0.05, 0.1) is 23.1 Å². The second-order valence-electron chi connectivity index (χ2n) is 5.16. The van der Waals surface area contributed by atoms with E-state index in [1.807, 2.05) is 20.9 Å². The fraction of sp³-hybridized carbons (Fsp3) is 0.600. The molecule has 2 aromatic heterocycles. The molecule has 110 valence electrons. The number of hydrogen-bond acceptors (Lipinski definition) is 3. The van der Waals surface area contributed by atoms with Crippen molar-refractivity contribution in [3.8, 4) is 0 Å². The lowest BCUT2D eigenvalue weighted by Crippen LogP contribution is -2.23. The Morgan fingerprint density at radius 1 is 1.05 bits per heavy atom. The maximum Gasteiger partial charge on any atom is 0.0597 e. The van der Waals surface area contributed by atoms with Crippen LogP contribution in [0.5, 0.6) is 0 Å². The van der Waals surface area contributed by atoms with E-state index in [2.05, 4.69) is 50.9 Å². The Hall–Kier alpha value is -1.62. The second-order valence-corrected chi connectivity index (χ2v) is 5.16. The first-order valence-electron chi connectivity index (χ1n) is 7.33. The van der Waals surface area contributed by atoms with Crippen molar-refractivity contribution in [2.75, 3.05) is 7.05 Å². The number of nitrogens with one attached hydrogen (secondary N) is 1. The summed E-state index contributed by atoms with van der Waals surface area (Å²) < 4.78 is 4.16. The highest BCUT2D eigenvalue weighted by Crippen LogP contribution is 2.20. The minimum Gasteiger partial charge on any atom is -0.311 e. The number of aromatic nitrogens is 4. The van der Waals surface area contributed by atoms with Crippen LogP contribution in [-0.4, -0.2) is 26.6 Å². The number of rotatable bonds is 6. The van der Waals surface area contributed by atoms with Crippen LogP contribution >= 0.6 is 0 Å². The third-order valence-corrected chi connectivity index (χ3v) is 3.64. The summed E-state index contributed by atoms with van der Waals surface area (Å²) in [7, 11) is 2.01. The summed E-state index contributed by atoms with van der Waals surface area (Å²) in [5, 5.41) is 12.5. The fourth-order valence-corrected chi connectivity index (χ4v) is 2.70. The zero-order valence-electron chi connectivity index (χ0n) is 13.1. The Kier molecular flexibility index (Phi) is 4.60. The van der Waals surface area contributed by atoms with E-state index in [0.29, 0.717) is 0 Å². The fourth-order valence-electron chi connectivity index (χ4n) is 2.70. The van der Waals surface area contributed by atoms with Gasteiger partial charge in [0.15, 0.2) is 0 Å². The normalized spacial score (nSPS) is 12.8. The van der Waals surface area contributed by atoms with Crippen LogP contribution in [0.3, 0.4) is 0 Å². The first-order chi connectivity index (χ1) is 9.58. The molecular weight excluding hydrogens is 250 g/mol. The van der Waals surface area contributed by atoms with Crippen molar-refractivity contribution in [2.24, 2.45) is 0 Å². The van der Waals surface area contributed by atoms with Gasteiger partial charge in [-0.05, 0) is 46.9 Å². The van der Waals surface area contributed by atoms with E-state index in [1.54, 1.807) is 0 Å². The van der Waals surface area contributed by atoms with E-state index in [-0.39, 0.29) is 6.04 Å². The third kappa shape index (κ3) is 2.93. The molecule has 0 spiro atoms. The minimum absolute atomic E-state index is 0.262. The third-order valence-electron chi connectivity index (χ3n) is 3.64. The molecule has 0 bridgehead atoms. The minimum atomic E-state index is 0.262. The molecule has 1 unspecified atom stereocenters. The summed E-state index contributed by atoms with van der Waals surface area (Å²) in [5.41, 5.74) is 4.67. The van der Waals surface area contributed by atoms with Gasteiger partial charge in [-0.15, -0.1) is 0 Å². The molecule has 5 heteroatoms. The molecule has 1 atom stereocenters. The van der Waals surface area contributed by atoms with Crippen LogP contribution in [0.4, 0.5) is 0 Å². The molecule has 2 rings (SSSR count). The smallest absolute Gasteiger partial charge is 0.0597 e. The van der Waals surface area contributed by atoms with E-state index in [9.17, 15) is 0 Å².